The Hall–Kier alpha value is -2.39. The third-order valence-corrected chi connectivity index (χ3v) is 6.39. The van der Waals surface area contributed by atoms with Crippen LogP contribution in [0.25, 0.3) is 10.8 Å². The van der Waals surface area contributed by atoms with Crippen LogP contribution in [-0.2, 0) is 0 Å². The van der Waals surface area contributed by atoms with Crippen LogP contribution < -0.4 is 10.1 Å². The van der Waals surface area contributed by atoms with Gasteiger partial charge >= 0.3 is 0 Å². The largest absolute Gasteiger partial charge is 0.491 e. The van der Waals surface area contributed by atoms with Gasteiger partial charge in [-0.1, -0.05) is 61.9 Å². The fraction of sp³-hybridized carbons (Fsp3) is 0.407. The van der Waals surface area contributed by atoms with Crippen molar-refractivity contribution < 1.29 is 9.13 Å². The van der Waals surface area contributed by atoms with Crippen molar-refractivity contribution in [1.82, 2.24) is 5.32 Å². The number of ether oxygens (including phenoxy) is 1. The number of halogens is 1. The summed E-state index contributed by atoms with van der Waals surface area (Å²) < 4.78 is 20.0. The zero-order valence-electron chi connectivity index (χ0n) is 18.0. The molecular weight excluding hydrogens is 373 g/mol. The normalized spacial score (nSPS) is 19.8. The lowest BCUT2D eigenvalue weighted by Gasteiger charge is -2.21. The van der Waals surface area contributed by atoms with Gasteiger partial charge in [0.25, 0.3) is 0 Å². The van der Waals surface area contributed by atoms with Crippen LogP contribution in [0.15, 0.2) is 60.7 Å². The maximum atomic E-state index is 14.5. The van der Waals surface area contributed by atoms with E-state index in [1.54, 1.807) is 12.1 Å². The second-order valence-electron chi connectivity index (χ2n) is 8.56. The molecule has 3 atom stereocenters. The van der Waals surface area contributed by atoms with E-state index in [2.05, 4.69) is 61.6 Å². The van der Waals surface area contributed by atoms with E-state index in [-0.39, 0.29) is 11.9 Å². The molecule has 1 saturated carbocycles. The Bertz CT molecular complexity index is 980. The molecule has 1 aliphatic carbocycles. The molecule has 4 rings (SSSR count). The second-order valence-corrected chi connectivity index (χ2v) is 8.56. The Morgan fingerprint density at radius 1 is 1.07 bits per heavy atom. The van der Waals surface area contributed by atoms with E-state index < -0.39 is 0 Å². The Balaban J connectivity index is 1.39. The van der Waals surface area contributed by atoms with Crippen molar-refractivity contribution in [3.8, 4) is 5.75 Å². The van der Waals surface area contributed by atoms with Crippen molar-refractivity contribution in [2.45, 2.75) is 64.0 Å². The lowest BCUT2D eigenvalue weighted by Crippen LogP contribution is -2.29. The minimum absolute atomic E-state index is 0.232. The smallest absolute Gasteiger partial charge is 0.165 e. The van der Waals surface area contributed by atoms with Gasteiger partial charge in [0, 0.05) is 12.1 Å². The number of benzene rings is 3. The van der Waals surface area contributed by atoms with Crippen molar-refractivity contribution in [2.24, 2.45) is 0 Å². The van der Waals surface area contributed by atoms with E-state index in [0.29, 0.717) is 24.3 Å². The van der Waals surface area contributed by atoms with Crippen molar-refractivity contribution in [1.29, 1.82) is 0 Å². The summed E-state index contributed by atoms with van der Waals surface area (Å²) >= 11 is 0. The van der Waals surface area contributed by atoms with E-state index in [1.165, 1.54) is 16.3 Å². The average molecular weight is 406 g/mol. The first-order valence-corrected chi connectivity index (χ1v) is 11.3. The molecule has 30 heavy (non-hydrogen) atoms. The molecule has 0 heterocycles. The van der Waals surface area contributed by atoms with E-state index in [0.717, 1.165) is 37.7 Å². The fourth-order valence-electron chi connectivity index (χ4n) is 4.72. The van der Waals surface area contributed by atoms with E-state index in [9.17, 15) is 4.39 Å². The molecule has 0 aliphatic heterocycles. The topological polar surface area (TPSA) is 21.3 Å². The summed E-state index contributed by atoms with van der Waals surface area (Å²) in [5.41, 5.74) is 2.44. The van der Waals surface area contributed by atoms with Crippen LogP contribution in [0.4, 0.5) is 4.39 Å². The van der Waals surface area contributed by atoms with Gasteiger partial charge in [-0.15, -0.1) is 0 Å². The Morgan fingerprint density at radius 3 is 2.73 bits per heavy atom. The highest BCUT2D eigenvalue weighted by Crippen LogP contribution is 2.37. The highest BCUT2D eigenvalue weighted by molar-refractivity contribution is 5.86. The molecule has 3 aromatic rings. The Labute approximate surface area is 179 Å². The molecule has 158 valence electrons. The van der Waals surface area contributed by atoms with Crippen LogP contribution >= 0.6 is 0 Å². The van der Waals surface area contributed by atoms with Gasteiger partial charge in [-0.2, -0.15) is 0 Å². The summed E-state index contributed by atoms with van der Waals surface area (Å²) in [5.74, 6) is 0.551. The van der Waals surface area contributed by atoms with Crippen molar-refractivity contribution >= 4 is 10.8 Å². The number of nitrogens with one attached hydrogen (secondary N) is 1. The molecule has 3 aromatic carbocycles. The Kier molecular flexibility index (Phi) is 6.69. The minimum atomic E-state index is -0.232. The third-order valence-electron chi connectivity index (χ3n) is 6.39. The van der Waals surface area contributed by atoms with Gasteiger partial charge in [0.1, 0.15) is 0 Å². The van der Waals surface area contributed by atoms with E-state index in [4.69, 9.17) is 4.74 Å². The van der Waals surface area contributed by atoms with E-state index >= 15 is 0 Å². The fourth-order valence-corrected chi connectivity index (χ4v) is 4.72. The van der Waals surface area contributed by atoms with Gasteiger partial charge < -0.3 is 10.1 Å². The number of unbranched alkanes of at least 4 members (excludes halogenated alkanes) is 1. The van der Waals surface area contributed by atoms with Crippen LogP contribution in [0.5, 0.6) is 5.75 Å². The van der Waals surface area contributed by atoms with Crippen LogP contribution in [0.1, 0.15) is 69.0 Å². The first-order valence-electron chi connectivity index (χ1n) is 11.3. The van der Waals surface area contributed by atoms with Crippen LogP contribution in [-0.4, -0.2) is 12.6 Å². The summed E-state index contributed by atoms with van der Waals surface area (Å²) in [5, 5.41) is 6.43. The maximum Gasteiger partial charge on any atom is 0.165 e. The minimum Gasteiger partial charge on any atom is -0.491 e. The van der Waals surface area contributed by atoms with Crippen LogP contribution in [0.3, 0.4) is 0 Å². The van der Waals surface area contributed by atoms with Crippen LogP contribution in [0.2, 0.25) is 0 Å². The molecule has 0 amide bonds. The summed E-state index contributed by atoms with van der Waals surface area (Å²) in [7, 11) is 0. The highest BCUT2D eigenvalue weighted by Gasteiger charge is 2.27. The first kappa shape index (κ1) is 20.9. The molecule has 3 heteroatoms. The summed E-state index contributed by atoms with van der Waals surface area (Å²) in [6, 6.07) is 21.4. The van der Waals surface area contributed by atoms with Gasteiger partial charge in [-0.3, -0.25) is 0 Å². The maximum absolute atomic E-state index is 14.5. The molecule has 0 spiro atoms. The molecular formula is C27H32FNO. The van der Waals surface area contributed by atoms with Crippen molar-refractivity contribution in [2.75, 3.05) is 6.61 Å². The molecule has 1 aliphatic rings. The predicted molar refractivity (Wildman–Crippen MR) is 123 cm³/mol. The van der Waals surface area contributed by atoms with Gasteiger partial charge in [0.2, 0.25) is 0 Å². The number of fused-ring (bicyclic) bond motifs is 1. The predicted octanol–water partition coefficient (Wildman–Crippen LogP) is 7.14. The molecule has 0 bridgehead atoms. The monoisotopic (exact) mass is 405 g/mol. The van der Waals surface area contributed by atoms with Crippen LogP contribution in [0, 0.1) is 5.82 Å². The SMILES string of the molecule is CCCCOc1ccc([C@@H]2CC[C@H](NC(C)c3cccc4ccccc34)C2)cc1F. The number of hydrogen-bond donors (Lipinski definition) is 1. The molecule has 0 saturated heterocycles. The average Bonchev–Trinajstić information content (AvgIpc) is 3.23. The van der Waals surface area contributed by atoms with Gasteiger partial charge in [0.15, 0.2) is 11.6 Å². The number of rotatable bonds is 8. The second kappa shape index (κ2) is 9.61. The van der Waals surface area contributed by atoms with E-state index in [1.807, 2.05) is 6.07 Å². The summed E-state index contributed by atoms with van der Waals surface area (Å²) in [6.07, 6.45) is 5.26. The molecule has 1 fully saturated rings. The molecule has 0 radical (unpaired) electrons. The zero-order chi connectivity index (χ0) is 20.9. The highest BCUT2D eigenvalue weighted by atomic mass is 19.1. The lowest BCUT2D eigenvalue weighted by atomic mass is 9.96. The van der Waals surface area contributed by atoms with Gasteiger partial charge in [0.05, 0.1) is 6.61 Å². The molecule has 0 aromatic heterocycles. The quantitative estimate of drug-likeness (QED) is 0.402. The zero-order valence-corrected chi connectivity index (χ0v) is 18.0. The van der Waals surface area contributed by atoms with Crippen molar-refractivity contribution in [3.63, 3.8) is 0 Å². The standard InChI is InChI=1S/C27H32FNO/c1-3-4-16-30-27-15-13-22(18-26(27)28)21-12-14-23(17-21)29-19(2)24-11-7-9-20-8-5-6-10-25(20)24/h5-11,13,15,18-19,21,23,29H,3-4,12,14,16-17H2,1-2H3/t19?,21-,23+/m1/s1. The number of hydrogen-bond acceptors (Lipinski definition) is 2. The third kappa shape index (κ3) is 4.67. The summed E-state index contributed by atoms with van der Waals surface area (Å²) in [4.78, 5) is 0. The Morgan fingerprint density at radius 2 is 1.90 bits per heavy atom. The van der Waals surface area contributed by atoms with Gasteiger partial charge in [-0.25, -0.2) is 4.39 Å². The molecule has 1 unspecified atom stereocenters. The van der Waals surface area contributed by atoms with Crippen molar-refractivity contribution in [3.05, 3.63) is 77.6 Å². The summed E-state index contributed by atoms with van der Waals surface area (Å²) in [6.45, 7) is 4.93. The molecule has 1 N–H and O–H groups in total. The first-order chi connectivity index (χ1) is 14.7. The van der Waals surface area contributed by atoms with Gasteiger partial charge in [-0.05, 0) is 72.6 Å². The lowest BCUT2D eigenvalue weighted by molar-refractivity contribution is 0.294. The molecule has 2 nitrogen and oxygen atoms in total.